The number of hydrogen-bond donors (Lipinski definition) is 1. The molecule has 1 aromatic carbocycles. The summed E-state index contributed by atoms with van der Waals surface area (Å²) in [4.78, 5) is 0. The van der Waals surface area contributed by atoms with Gasteiger partial charge in [-0.15, -0.1) is 12.4 Å². The maximum atomic E-state index is 6.05. The molecule has 3 heteroatoms. The molecule has 0 unspecified atom stereocenters. The molecule has 0 saturated heterocycles. The van der Waals surface area contributed by atoms with Crippen LogP contribution in [0.1, 0.15) is 24.4 Å². The van der Waals surface area contributed by atoms with E-state index in [1.54, 1.807) is 7.11 Å². The van der Waals surface area contributed by atoms with Crippen LogP contribution in [0.3, 0.4) is 0 Å². The van der Waals surface area contributed by atoms with Crippen molar-refractivity contribution >= 4 is 12.4 Å². The molecule has 0 aliphatic heterocycles. The standard InChI is InChI=1S/C11H15NO.ClH/c1-13-10-6-4-9(5-7-10)11(12)8-2-3-8;/h4-8,11H,2-3,12H2,1H3;1H/t11-;/m1./s1. The second-order valence-electron chi connectivity index (χ2n) is 3.64. The van der Waals surface area contributed by atoms with Crippen LogP contribution in [0.4, 0.5) is 0 Å². The van der Waals surface area contributed by atoms with Gasteiger partial charge in [0, 0.05) is 6.04 Å². The third-order valence-electron chi connectivity index (χ3n) is 2.63. The summed E-state index contributed by atoms with van der Waals surface area (Å²) in [6.07, 6.45) is 2.57. The smallest absolute Gasteiger partial charge is 0.118 e. The highest BCUT2D eigenvalue weighted by atomic mass is 35.5. The summed E-state index contributed by atoms with van der Waals surface area (Å²) in [5.41, 5.74) is 7.28. The zero-order valence-electron chi connectivity index (χ0n) is 8.27. The van der Waals surface area contributed by atoms with E-state index in [4.69, 9.17) is 10.5 Å². The van der Waals surface area contributed by atoms with Gasteiger partial charge in [0.2, 0.25) is 0 Å². The summed E-state index contributed by atoms with van der Waals surface area (Å²) < 4.78 is 5.08. The molecule has 1 atom stereocenters. The van der Waals surface area contributed by atoms with Crippen LogP contribution in [0.5, 0.6) is 5.75 Å². The lowest BCUT2D eigenvalue weighted by atomic mass is 10.0. The first-order valence-corrected chi connectivity index (χ1v) is 4.71. The van der Waals surface area contributed by atoms with Gasteiger partial charge < -0.3 is 10.5 Å². The molecule has 2 rings (SSSR count). The first-order chi connectivity index (χ1) is 6.31. The van der Waals surface area contributed by atoms with E-state index in [9.17, 15) is 0 Å². The fourth-order valence-corrected chi connectivity index (χ4v) is 1.55. The molecule has 2 N–H and O–H groups in total. The molecule has 0 heterocycles. The topological polar surface area (TPSA) is 35.2 Å². The van der Waals surface area contributed by atoms with Crippen molar-refractivity contribution in [2.24, 2.45) is 11.7 Å². The van der Waals surface area contributed by atoms with E-state index in [2.05, 4.69) is 12.1 Å². The van der Waals surface area contributed by atoms with Crippen molar-refractivity contribution in [3.63, 3.8) is 0 Å². The molecular weight excluding hydrogens is 198 g/mol. The van der Waals surface area contributed by atoms with Gasteiger partial charge in [-0.2, -0.15) is 0 Å². The highest BCUT2D eigenvalue weighted by Crippen LogP contribution is 2.39. The van der Waals surface area contributed by atoms with Crippen molar-refractivity contribution in [2.45, 2.75) is 18.9 Å². The summed E-state index contributed by atoms with van der Waals surface area (Å²) in [6, 6.07) is 8.28. The molecule has 0 spiro atoms. The lowest BCUT2D eigenvalue weighted by Crippen LogP contribution is -2.11. The molecule has 0 bridgehead atoms. The van der Waals surface area contributed by atoms with Crippen molar-refractivity contribution in [1.82, 2.24) is 0 Å². The molecule has 0 amide bonds. The van der Waals surface area contributed by atoms with Gasteiger partial charge in [-0.25, -0.2) is 0 Å². The van der Waals surface area contributed by atoms with Gasteiger partial charge in [-0.05, 0) is 36.5 Å². The predicted octanol–water partition coefficient (Wildman–Crippen LogP) is 2.53. The Morgan fingerprint density at radius 2 is 1.86 bits per heavy atom. The molecule has 1 aromatic rings. The van der Waals surface area contributed by atoms with Gasteiger partial charge in [0.25, 0.3) is 0 Å². The molecule has 2 nitrogen and oxygen atoms in total. The fourth-order valence-electron chi connectivity index (χ4n) is 1.55. The number of rotatable bonds is 3. The summed E-state index contributed by atoms with van der Waals surface area (Å²) in [5.74, 6) is 1.61. The van der Waals surface area contributed by atoms with Crippen molar-refractivity contribution < 1.29 is 4.74 Å². The summed E-state index contributed by atoms with van der Waals surface area (Å²) >= 11 is 0. The van der Waals surface area contributed by atoms with Gasteiger partial charge >= 0.3 is 0 Å². The monoisotopic (exact) mass is 213 g/mol. The van der Waals surface area contributed by atoms with Crippen LogP contribution in [-0.4, -0.2) is 7.11 Å². The average Bonchev–Trinajstić information content (AvgIpc) is 3.00. The molecule has 1 saturated carbocycles. The van der Waals surface area contributed by atoms with E-state index in [0.29, 0.717) is 5.92 Å². The maximum Gasteiger partial charge on any atom is 0.118 e. The fraction of sp³-hybridized carbons (Fsp3) is 0.455. The molecule has 1 aliphatic carbocycles. The Morgan fingerprint density at radius 1 is 1.29 bits per heavy atom. The van der Waals surface area contributed by atoms with Crippen molar-refractivity contribution in [1.29, 1.82) is 0 Å². The van der Waals surface area contributed by atoms with Gasteiger partial charge in [0.05, 0.1) is 7.11 Å². The van der Waals surface area contributed by atoms with E-state index >= 15 is 0 Å². The Morgan fingerprint density at radius 3 is 2.29 bits per heavy atom. The van der Waals surface area contributed by atoms with E-state index in [1.807, 2.05) is 12.1 Å². The van der Waals surface area contributed by atoms with Crippen molar-refractivity contribution in [3.8, 4) is 5.75 Å². The Hall–Kier alpha value is -0.730. The Bertz CT molecular complexity index is 282. The first kappa shape index (κ1) is 11.3. The van der Waals surface area contributed by atoms with Crippen molar-refractivity contribution in [2.75, 3.05) is 7.11 Å². The van der Waals surface area contributed by atoms with Crippen LogP contribution in [0.25, 0.3) is 0 Å². The predicted molar refractivity (Wildman–Crippen MR) is 59.9 cm³/mol. The summed E-state index contributed by atoms with van der Waals surface area (Å²) in [6.45, 7) is 0. The van der Waals surface area contributed by atoms with E-state index < -0.39 is 0 Å². The maximum absolute atomic E-state index is 6.05. The zero-order chi connectivity index (χ0) is 9.26. The van der Waals surface area contributed by atoms with Crippen molar-refractivity contribution in [3.05, 3.63) is 29.8 Å². The zero-order valence-corrected chi connectivity index (χ0v) is 9.09. The Labute approximate surface area is 90.9 Å². The number of halogens is 1. The molecule has 1 aliphatic rings. The Balaban J connectivity index is 0.000000980. The molecule has 0 radical (unpaired) electrons. The van der Waals surface area contributed by atoms with Gasteiger partial charge in [0.1, 0.15) is 5.75 Å². The number of ether oxygens (including phenoxy) is 1. The molecule has 14 heavy (non-hydrogen) atoms. The average molecular weight is 214 g/mol. The van der Waals surface area contributed by atoms with Crippen LogP contribution >= 0.6 is 12.4 Å². The number of methoxy groups -OCH3 is 1. The van der Waals surface area contributed by atoms with E-state index in [1.165, 1.54) is 18.4 Å². The summed E-state index contributed by atoms with van der Waals surface area (Å²) in [5, 5.41) is 0. The highest BCUT2D eigenvalue weighted by molar-refractivity contribution is 5.85. The van der Waals surface area contributed by atoms with E-state index in [-0.39, 0.29) is 18.4 Å². The molecule has 1 fully saturated rings. The lowest BCUT2D eigenvalue weighted by molar-refractivity contribution is 0.414. The third kappa shape index (κ3) is 2.40. The second-order valence-corrected chi connectivity index (χ2v) is 3.64. The van der Waals surface area contributed by atoms with Gasteiger partial charge in [-0.3, -0.25) is 0 Å². The Kier molecular flexibility index (Phi) is 3.78. The minimum absolute atomic E-state index is 0. The van der Waals surface area contributed by atoms with Crippen LogP contribution in [-0.2, 0) is 0 Å². The first-order valence-electron chi connectivity index (χ1n) is 4.71. The second kappa shape index (κ2) is 4.67. The van der Waals surface area contributed by atoms with E-state index in [0.717, 1.165) is 5.75 Å². The molecule has 0 aromatic heterocycles. The van der Waals surface area contributed by atoms with Crippen LogP contribution < -0.4 is 10.5 Å². The van der Waals surface area contributed by atoms with Crippen LogP contribution in [0, 0.1) is 5.92 Å². The SMILES string of the molecule is COc1ccc([C@H](N)C2CC2)cc1.Cl. The van der Waals surface area contributed by atoms with Crippen LogP contribution in [0.2, 0.25) is 0 Å². The number of hydrogen-bond acceptors (Lipinski definition) is 2. The summed E-state index contributed by atoms with van der Waals surface area (Å²) in [7, 11) is 1.68. The minimum Gasteiger partial charge on any atom is -0.497 e. The lowest BCUT2D eigenvalue weighted by Gasteiger charge is -2.10. The van der Waals surface area contributed by atoms with Gasteiger partial charge in [0.15, 0.2) is 0 Å². The minimum atomic E-state index is 0. The highest BCUT2D eigenvalue weighted by Gasteiger charge is 2.29. The van der Waals surface area contributed by atoms with Gasteiger partial charge in [-0.1, -0.05) is 12.1 Å². The normalized spacial score (nSPS) is 17.0. The third-order valence-corrected chi connectivity index (χ3v) is 2.63. The number of nitrogens with two attached hydrogens (primary N) is 1. The number of benzene rings is 1. The van der Waals surface area contributed by atoms with Crippen LogP contribution in [0.15, 0.2) is 24.3 Å². The molecule has 78 valence electrons. The quantitative estimate of drug-likeness (QED) is 0.838. The largest absolute Gasteiger partial charge is 0.497 e. The molecular formula is C11H16ClNO.